The summed E-state index contributed by atoms with van der Waals surface area (Å²) in [6.07, 6.45) is -4.66. The quantitative estimate of drug-likeness (QED) is 0.382. The van der Waals surface area contributed by atoms with E-state index in [-0.39, 0.29) is 30.1 Å². The highest BCUT2D eigenvalue weighted by atomic mass is 19.4. The molecule has 3 aromatic rings. The molecule has 10 heteroatoms. The monoisotopic (exact) mass is 377 g/mol. The number of rotatable bonds is 6. The number of benzene rings is 2. The van der Waals surface area contributed by atoms with Crippen LogP contribution in [0.2, 0.25) is 0 Å². The first-order valence-electron chi connectivity index (χ1n) is 7.91. The highest BCUT2D eigenvalue weighted by Gasteiger charge is 2.35. The number of hydrogen-bond acceptors (Lipinski definition) is 6. The molecular formula is C17H14F3N5O2. The first-order valence-corrected chi connectivity index (χ1v) is 7.91. The fraction of sp³-hybridized carbons (Fsp3) is 0.176. The first-order chi connectivity index (χ1) is 12.9. The van der Waals surface area contributed by atoms with Crippen LogP contribution in [-0.4, -0.2) is 28.0 Å². The average molecular weight is 377 g/mol. The van der Waals surface area contributed by atoms with Crippen LogP contribution in [0.5, 0.6) is 0 Å². The molecule has 1 heterocycles. The van der Waals surface area contributed by atoms with Crippen LogP contribution in [0.15, 0.2) is 48.5 Å². The lowest BCUT2D eigenvalue weighted by atomic mass is 10.2. The topological polar surface area (TPSA) is 93.0 Å². The Hall–Kier alpha value is -3.43. The number of fused-ring (bicyclic) bond motifs is 1. The molecule has 0 unspecified atom stereocenters. The van der Waals surface area contributed by atoms with E-state index in [2.05, 4.69) is 20.6 Å². The molecule has 0 amide bonds. The van der Waals surface area contributed by atoms with E-state index in [1.165, 1.54) is 12.1 Å². The van der Waals surface area contributed by atoms with Gasteiger partial charge in [-0.15, -0.1) is 0 Å². The van der Waals surface area contributed by atoms with Crippen molar-refractivity contribution in [1.82, 2.24) is 9.97 Å². The van der Waals surface area contributed by atoms with Gasteiger partial charge in [-0.25, -0.2) is 9.97 Å². The molecule has 7 nitrogen and oxygen atoms in total. The fourth-order valence-corrected chi connectivity index (χ4v) is 2.50. The summed E-state index contributed by atoms with van der Waals surface area (Å²) in [7, 11) is 0. The molecule has 0 aliphatic rings. The van der Waals surface area contributed by atoms with Crippen LogP contribution in [0.1, 0.15) is 5.82 Å². The summed E-state index contributed by atoms with van der Waals surface area (Å²) in [5.41, 5.74) is 0.422. The number of halogens is 3. The number of nitro groups is 1. The van der Waals surface area contributed by atoms with E-state index in [0.29, 0.717) is 11.1 Å². The lowest BCUT2D eigenvalue weighted by molar-refractivity contribution is -0.384. The largest absolute Gasteiger partial charge is 0.451 e. The van der Waals surface area contributed by atoms with Crippen LogP contribution in [0.3, 0.4) is 0 Å². The molecule has 0 saturated heterocycles. The van der Waals surface area contributed by atoms with Crippen molar-refractivity contribution in [3.05, 3.63) is 64.5 Å². The van der Waals surface area contributed by atoms with Crippen molar-refractivity contribution in [1.29, 1.82) is 0 Å². The number of hydrogen-bond donors (Lipinski definition) is 2. The van der Waals surface area contributed by atoms with Crippen molar-refractivity contribution in [2.24, 2.45) is 0 Å². The van der Waals surface area contributed by atoms with E-state index in [0.717, 1.165) is 0 Å². The number of aromatic nitrogens is 2. The van der Waals surface area contributed by atoms with Crippen molar-refractivity contribution in [3.63, 3.8) is 0 Å². The predicted octanol–water partition coefficient (Wildman–Crippen LogP) is 4.08. The van der Waals surface area contributed by atoms with Crippen LogP contribution < -0.4 is 10.6 Å². The molecule has 0 atom stereocenters. The second-order valence-corrected chi connectivity index (χ2v) is 5.54. The predicted molar refractivity (Wildman–Crippen MR) is 94.6 cm³/mol. The fourth-order valence-electron chi connectivity index (χ4n) is 2.50. The molecular weight excluding hydrogens is 363 g/mol. The molecule has 0 spiro atoms. The van der Waals surface area contributed by atoms with Gasteiger partial charge in [0.1, 0.15) is 11.5 Å². The third-order valence-electron chi connectivity index (χ3n) is 3.69. The Balaban J connectivity index is 1.75. The van der Waals surface area contributed by atoms with E-state index >= 15 is 0 Å². The zero-order chi connectivity index (χ0) is 19.4. The third-order valence-corrected chi connectivity index (χ3v) is 3.69. The summed E-state index contributed by atoms with van der Waals surface area (Å²) < 4.78 is 39.0. The number of para-hydroxylation sites is 3. The van der Waals surface area contributed by atoms with E-state index < -0.39 is 16.9 Å². The van der Waals surface area contributed by atoms with Crippen LogP contribution in [0.25, 0.3) is 10.9 Å². The number of nitrogens with one attached hydrogen (secondary N) is 2. The van der Waals surface area contributed by atoms with Gasteiger partial charge in [0.2, 0.25) is 5.82 Å². The first kappa shape index (κ1) is 18.4. The van der Waals surface area contributed by atoms with Crippen molar-refractivity contribution in [2.45, 2.75) is 6.18 Å². The minimum atomic E-state index is -4.66. The number of nitrogens with zero attached hydrogens (tertiary/aromatic N) is 3. The summed E-state index contributed by atoms with van der Waals surface area (Å²) in [4.78, 5) is 17.6. The Morgan fingerprint density at radius 2 is 1.63 bits per heavy atom. The van der Waals surface area contributed by atoms with Crippen LogP contribution in [0.4, 0.5) is 30.4 Å². The maximum absolute atomic E-state index is 13.0. The summed E-state index contributed by atoms with van der Waals surface area (Å²) in [6, 6.07) is 12.5. The van der Waals surface area contributed by atoms with Crippen LogP contribution >= 0.6 is 0 Å². The number of alkyl halides is 3. The Bertz CT molecular complexity index is 978. The molecule has 2 aromatic carbocycles. The van der Waals surface area contributed by atoms with E-state index in [1.807, 2.05) is 0 Å². The summed E-state index contributed by atoms with van der Waals surface area (Å²) in [6.45, 7) is 0.439. The van der Waals surface area contributed by atoms with Gasteiger partial charge in [0.25, 0.3) is 5.69 Å². The van der Waals surface area contributed by atoms with Gasteiger partial charge >= 0.3 is 6.18 Å². The molecule has 3 rings (SSSR count). The molecule has 0 radical (unpaired) electrons. The van der Waals surface area contributed by atoms with Gasteiger partial charge in [-0.3, -0.25) is 10.1 Å². The van der Waals surface area contributed by atoms with Gasteiger partial charge in [-0.2, -0.15) is 13.2 Å². The molecule has 0 fully saturated rings. The van der Waals surface area contributed by atoms with Gasteiger partial charge in [-0.1, -0.05) is 24.3 Å². The average Bonchev–Trinajstić information content (AvgIpc) is 2.64. The van der Waals surface area contributed by atoms with Crippen LogP contribution in [-0.2, 0) is 6.18 Å². The lowest BCUT2D eigenvalue weighted by Crippen LogP contribution is -2.18. The van der Waals surface area contributed by atoms with E-state index in [9.17, 15) is 23.3 Å². The SMILES string of the molecule is O=[N+]([O-])c1ccccc1NCCNc1nc(C(F)(F)F)nc2ccccc12. The van der Waals surface area contributed by atoms with Gasteiger partial charge < -0.3 is 10.6 Å². The molecule has 2 N–H and O–H groups in total. The summed E-state index contributed by atoms with van der Waals surface area (Å²) >= 11 is 0. The molecule has 0 bridgehead atoms. The molecule has 0 aliphatic heterocycles. The zero-order valence-corrected chi connectivity index (χ0v) is 13.8. The molecule has 0 aliphatic carbocycles. The second kappa shape index (κ2) is 7.44. The maximum Gasteiger partial charge on any atom is 0.451 e. The standard InChI is InChI=1S/C17H14F3N5O2/c18-17(19,20)16-23-12-6-2-1-5-11(12)15(24-16)22-10-9-21-13-7-3-4-8-14(13)25(26)27/h1-8,21H,9-10H2,(H,22,23,24). The van der Waals surface area contributed by atoms with Gasteiger partial charge in [-0.05, 0) is 18.2 Å². The number of anilines is 2. The molecule has 0 saturated carbocycles. The number of nitro benzene ring substituents is 1. The normalized spacial score (nSPS) is 11.4. The van der Waals surface area contributed by atoms with Gasteiger partial charge in [0.15, 0.2) is 0 Å². The van der Waals surface area contributed by atoms with E-state index in [4.69, 9.17) is 0 Å². The molecule has 27 heavy (non-hydrogen) atoms. The zero-order valence-electron chi connectivity index (χ0n) is 13.8. The van der Waals surface area contributed by atoms with Crippen molar-refractivity contribution >= 4 is 28.1 Å². The molecule has 140 valence electrons. The smallest absolute Gasteiger partial charge is 0.378 e. The summed E-state index contributed by atoms with van der Waals surface area (Å²) in [5.74, 6) is -1.17. The minimum absolute atomic E-state index is 0.0530. The maximum atomic E-state index is 13.0. The summed E-state index contributed by atoms with van der Waals surface area (Å²) in [5, 5.41) is 17.2. The van der Waals surface area contributed by atoms with Gasteiger partial charge in [0, 0.05) is 24.5 Å². The third kappa shape index (κ3) is 4.22. The molecule has 1 aromatic heterocycles. The van der Waals surface area contributed by atoms with Gasteiger partial charge in [0.05, 0.1) is 10.4 Å². The second-order valence-electron chi connectivity index (χ2n) is 5.54. The highest BCUT2D eigenvalue weighted by molar-refractivity contribution is 5.89. The van der Waals surface area contributed by atoms with Crippen LogP contribution in [0, 0.1) is 10.1 Å². The Morgan fingerprint density at radius 3 is 2.37 bits per heavy atom. The highest BCUT2D eigenvalue weighted by Crippen LogP contribution is 2.30. The lowest BCUT2D eigenvalue weighted by Gasteiger charge is -2.13. The van der Waals surface area contributed by atoms with Crippen molar-refractivity contribution < 1.29 is 18.1 Å². The Kier molecular flexibility index (Phi) is 5.06. The van der Waals surface area contributed by atoms with Crippen molar-refractivity contribution in [3.8, 4) is 0 Å². The Labute approximate surface area is 151 Å². The Morgan fingerprint density at radius 1 is 0.963 bits per heavy atom. The van der Waals surface area contributed by atoms with E-state index in [1.54, 1.807) is 36.4 Å². The van der Waals surface area contributed by atoms with Crippen molar-refractivity contribution in [2.75, 3.05) is 23.7 Å². The minimum Gasteiger partial charge on any atom is -0.378 e.